The summed E-state index contributed by atoms with van der Waals surface area (Å²) in [5, 5.41) is 0. The molecule has 1 heterocycles. The summed E-state index contributed by atoms with van der Waals surface area (Å²) in [7, 11) is 1.67. The summed E-state index contributed by atoms with van der Waals surface area (Å²) in [6, 6.07) is 15.6. The highest BCUT2D eigenvalue weighted by Crippen LogP contribution is 2.37. The Morgan fingerprint density at radius 3 is 2.70 bits per heavy atom. The van der Waals surface area contributed by atoms with Crippen molar-refractivity contribution in [2.75, 3.05) is 19.4 Å². The Morgan fingerprint density at radius 2 is 1.96 bits per heavy atom. The summed E-state index contributed by atoms with van der Waals surface area (Å²) < 4.78 is 5.47. The predicted octanol–water partition coefficient (Wildman–Crippen LogP) is 3.18. The van der Waals surface area contributed by atoms with Gasteiger partial charge in [-0.05, 0) is 36.6 Å². The second-order valence-electron chi connectivity index (χ2n) is 5.91. The molecule has 0 saturated carbocycles. The van der Waals surface area contributed by atoms with Crippen molar-refractivity contribution in [3.8, 4) is 5.75 Å². The number of hydrogen-bond acceptors (Lipinski definition) is 3. The van der Waals surface area contributed by atoms with Crippen molar-refractivity contribution in [3.63, 3.8) is 0 Å². The predicted molar refractivity (Wildman–Crippen MR) is 91.2 cm³/mol. The molecule has 1 fully saturated rings. The second kappa shape index (κ2) is 6.73. The molecule has 1 aliphatic heterocycles. The molecule has 4 heteroatoms. The number of para-hydroxylation sites is 1. The third-order valence-corrected chi connectivity index (χ3v) is 4.41. The van der Waals surface area contributed by atoms with Gasteiger partial charge in [0, 0.05) is 17.8 Å². The van der Waals surface area contributed by atoms with E-state index in [1.54, 1.807) is 7.11 Å². The van der Waals surface area contributed by atoms with Gasteiger partial charge >= 0.3 is 0 Å². The fourth-order valence-corrected chi connectivity index (χ4v) is 3.24. The molecule has 0 spiro atoms. The minimum atomic E-state index is 0.104. The number of likely N-dealkylation sites (tertiary alicyclic amines) is 1. The van der Waals surface area contributed by atoms with Gasteiger partial charge in [0.2, 0.25) is 5.91 Å². The number of hydrogen-bond donors (Lipinski definition) is 1. The average molecular weight is 310 g/mol. The summed E-state index contributed by atoms with van der Waals surface area (Å²) in [4.78, 5) is 14.7. The number of methoxy groups -OCH3 is 1. The highest BCUT2D eigenvalue weighted by atomic mass is 16.5. The number of nitrogens with two attached hydrogens (primary N) is 1. The van der Waals surface area contributed by atoms with Crippen LogP contribution >= 0.6 is 0 Å². The van der Waals surface area contributed by atoms with E-state index >= 15 is 0 Å². The maximum absolute atomic E-state index is 12.7. The van der Waals surface area contributed by atoms with Crippen LogP contribution in [0, 0.1) is 0 Å². The first-order valence-electron chi connectivity index (χ1n) is 7.96. The van der Waals surface area contributed by atoms with E-state index in [9.17, 15) is 4.79 Å². The minimum absolute atomic E-state index is 0.104. The first-order chi connectivity index (χ1) is 11.2. The van der Waals surface area contributed by atoms with E-state index in [-0.39, 0.29) is 11.9 Å². The van der Waals surface area contributed by atoms with E-state index < -0.39 is 0 Å². The van der Waals surface area contributed by atoms with Crippen LogP contribution in [-0.2, 0) is 11.2 Å². The van der Waals surface area contributed by atoms with E-state index in [0.717, 1.165) is 36.3 Å². The summed E-state index contributed by atoms with van der Waals surface area (Å²) in [5.41, 5.74) is 8.51. The first kappa shape index (κ1) is 15.4. The molecule has 2 aromatic carbocycles. The van der Waals surface area contributed by atoms with Gasteiger partial charge < -0.3 is 15.4 Å². The van der Waals surface area contributed by atoms with Gasteiger partial charge in [-0.1, -0.05) is 30.3 Å². The zero-order valence-electron chi connectivity index (χ0n) is 13.4. The molecule has 120 valence electrons. The molecule has 0 aliphatic carbocycles. The van der Waals surface area contributed by atoms with Crippen LogP contribution in [0.2, 0.25) is 0 Å². The average Bonchev–Trinajstić information content (AvgIpc) is 3.06. The number of anilines is 1. The van der Waals surface area contributed by atoms with Gasteiger partial charge in [0.1, 0.15) is 5.75 Å². The zero-order chi connectivity index (χ0) is 16.2. The molecular formula is C19H22N2O2. The Morgan fingerprint density at radius 1 is 1.22 bits per heavy atom. The van der Waals surface area contributed by atoms with Crippen LogP contribution in [0.4, 0.5) is 5.69 Å². The standard InChI is InChI=1S/C19H22N2O2/c1-23-18-7-3-2-5-16(18)17-6-4-12-21(17)19(22)13-14-8-10-15(20)11-9-14/h2-3,5,7-11,17H,4,6,12-13,20H2,1H3. The van der Waals surface area contributed by atoms with Gasteiger partial charge in [-0.2, -0.15) is 0 Å². The third-order valence-electron chi connectivity index (χ3n) is 4.41. The Hall–Kier alpha value is -2.49. The molecule has 1 saturated heterocycles. The molecule has 1 amide bonds. The molecule has 1 unspecified atom stereocenters. The Labute approximate surface area is 136 Å². The van der Waals surface area contributed by atoms with E-state index in [4.69, 9.17) is 10.5 Å². The maximum atomic E-state index is 12.7. The number of amides is 1. The Balaban J connectivity index is 1.78. The maximum Gasteiger partial charge on any atom is 0.227 e. The van der Waals surface area contributed by atoms with E-state index in [1.807, 2.05) is 47.4 Å². The van der Waals surface area contributed by atoms with Crippen LogP contribution < -0.4 is 10.5 Å². The van der Waals surface area contributed by atoms with E-state index in [2.05, 4.69) is 6.07 Å². The third kappa shape index (κ3) is 3.31. The van der Waals surface area contributed by atoms with Crippen molar-refractivity contribution < 1.29 is 9.53 Å². The fourth-order valence-electron chi connectivity index (χ4n) is 3.24. The topological polar surface area (TPSA) is 55.6 Å². The van der Waals surface area contributed by atoms with Crippen molar-refractivity contribution in [2.24, 2.45) is 0 Å². The lowest BCUT2D eigenvalue weighted by atomic mass is 10.0. The van der Waals surface area contributed by atoms with Gasteiger partial charge in [0.15, 0.2) is 0 Å². The van der Waals surface area contributed by atoms with Gasteiger partial charge in [-0.3, -0.25) is 4.79 Å². The number of rotatable bonds is 4. The lowest BCUT2D eigenvalue weighted by Gasteiger charge is -2.26. The number of nitrogens with zero attached hydrogens (tertiary/aromatic N) is 1. The Bertz CT molecular complexity index is 682. The van der Waals surface area contributed by atoms with Crippen LogP contribution in [0.5, 0.6) is 5.75 Å². The van der Waals surface area contributed by atoms with Gasteiger partial charge in [0.25, 0.3) is 0 Å². The second-order valence-corrected chi connectivity index (χ2v) is 5.91. The highest BCUT2D eigenvalue weighted by Gasteiger charge is 2.31. The number of ether oxygens (including phenoxy) is 1. The van der Waals surface area contributed by atoms with E-state index in [1.165, 1.54) is 0 Å². The van der Waals surface area contributed by atoms with Crippen molar-refractivity contribution in [2.45, 2.75) is 25.3 Å². The molecular weight excluding hydrogens is 288 g/mol. The van der Waals surface area contributed by atoms with Crippen molar-refractivity contribution in [1.29, 1.82) is 0 Å². The van der Waals surface area contributed by atoms with Crippen LogP contribution in [0.15, 0.2) is 48.5 Å². The number of nitrogen functional groups attached to an aromatic ring is 1. The highest BCUT2D eigenvalue weighted by molar-refractivity contribution is 5.79. The molecule has 2 aromatic rings. The summed E-state index contributed by atoms with van der Waals surface area (Å²) in [5.74, 6) is 1.01. The number of benzene rings is 2. The minimum Gasteiger partial charge on any atom is -0.496 e. The number of carbonyl (C=O) groups excluding carboxylic acids is 1. The normalized spacial score (nSPS) is 17.3. The summed E-state index contributed by atoms with van der Waals surface area (Å²) >= 11 is 0. The molecule has 23 heavy (non-hydrogen) atoms. The molecule has 1 atom stereocenters. The SMILES string of the molecule is COc1ccccc1C1CCCN1C(=O)Cc1ccc(N)cc1. The molecule has 2 N–H and O–H groups in total. The van der Waals surface area contributed by atoms with Crippen molar-refractivity contribution in [1.82, 2.24) is 4.90 Å². The quantitative estimate of drug-likeness (QED) is 0.882. The molecule has 4 nitrogen and oxygen atoms in total. The van der Waals surface area contributed by atoms with Crippen molar-refractivity contribution >= 4 is 11.6 Å². The lowest BCUT2D eigenvalue weighted by molar-refractivity contribution is -0.131. The first-order valence-corrected chi connectivity index (χ1v) is 7.96. The molecule has 0 radical (unpaired) electrons. The van der Waals surface area contributed by atoms with Gasteiger partial charge in [-0.15, -0.1) is 0 Å². The van der Waals surface area contributed by atoms with Crippen LogP contribution in [-0.4, -0.2) is 24.5 Å². The van der Waals surface area contributed by atoms with Crippen LogP contribution in [0.25, 0.3) is 0 Å². The fraction of sp³-hybridized carbons (Fsp3) is 0.316. The van der Waals surface area contributed by atoms with Crippen LogP contribution in [0.3, 0.4) is 0 Å². The van der Waals surface area contributed by atoms with Crippen molar-refractivity contribution in [3.05, 3.63) is 59.7 Å². The smallest absolute Gasteiger partial charge is 0.227 e. The van der Waals surface area contributed by atoms with Crippen LogP contribution in [0.1, 0.15) is 30.0 Å². The summed E-state index contributed by atoms with van der Waals surface area (Å²) in [6.45, 7) is 0.802. The lowest BCUT2D eigenvalue weighted by Crippen LogP contribution is -2.32. The Kier molecular flexibility index (Phi) is 4.51. The molecule has 1 aliphatic rings. The molecule has 3 rings (SSSR count). The number of carbonyl (C=O) groups is 1. The largest absolute Gasteiger partial charge is 0.496 e. The zero-order valence-corrected chi connectivity index (χ0v) is 13.4. The van der Waals surface area contributed by atoms with E-state index in [0.29, 0.717) is 12.1 Å². The monoisotopic (exact) mass is 310 g/mol. The van der Waals surface area contributed by atoms with Gasteiger partial charge in [0.05, 0.1) is 19.6 Å². The molecule has 0 bridgehead atoms. The van der Waals surface area contributed by atoms with Gasteiger partial charge in [-0.25, -0.2) is 0 Å². The summed E-state index contributed by atoms with van der Waals surface area (Å²) in [6.07, 6.45) is 2.41. The molecule has 0 aromatic heterocycles.